The summed E-state index contributed by atoms with van der Waals surface area (Å²) in [5, 5.41) is 7.15. The molecule has 142 valence electrons. The Morgan fingerprint density at radius 3 is 2.81 bits per heavy atom. The van der Waals surface area contributed by atoms with Gasteiger partial charge in [-0.2, -0.15) is 4.98 Å². The van der Waals surface area contributed by atoms with Crippen LogP contribution >= 0.6 is 11.6 Å². The van der Waals surface area contributed by atoms with Gasteiger partial charge in [0, 0.05) is 24.9 Å². The molecule has 0 saturated heterocycles. The van der Waals surface area contributed by atoms with Crippen molar-refractivity contribution in [1.82, 2.24) is 15.5 Å². The molecule has 0 aliphatic heterocycles. The minimum atomic E-state index is -0.0593. The maximum absolute atomic E-state index is 11.8. The number of methoxy groups -OCH3 is 2. The van der Waals surface area contributed by atoms with Gasteiger partial charge in [-0.05, 0) is 31.5 Å². The monoisotopic (exact) mass is 382 g/mol. The highest BCUT2D eigenvalue weighted by Gasteiger charge is 2.16. The third-order valence-electron chi connectivity index (χ3n) is 3.68. The number of unbranched alkanes of at least 4 members (excludes halogenated alkanes) is 1. The van der Waals surface area contributed by atoms with E-state index in [4.69, 9.17) is 31.3 Å². The van der Waals surface area contributed by atoms with Crippen LogP contribution in [0.15, 0.2) is 16.7 Å². The molecule has 0 atom stereocenters. The number of halogens is 1. The van der Waals surface area contributed by atoms with Gasteiger partial charge in [0.2, 0.25) is 17.6 Å². The van der Waals surface area contributed by atoms with Gasteiger partial charge >= 0.3 is 0 Å². The van der Waals surface area contributed by atoms with Crippen molar-refractivity contribution in [2.24, 2.45) is 5.73 Å². The molecule has 1 aromatic carbocycles. The number of nitrogens with zero attached hydrogens (tertiary/aromatic N) is 2. The quantitative estimate of drug-likeness (QED) is 0.605. The van der Waals surface area contributed by atoms with E-state index in [9.17, 15) is 4.79 Å². The largest absolute Gasteiger partial charge is 0.493 e. The fourth-order valence-corrected chi connectivity index (χ4v) is 2.61. The topological polar surface area (TPSA) is 112 Å². The number of hydrogen-bond acceptors (Lipinski definition) is 7. The summed E-state index contributed by atoms with van der Waals surface area (Å²) in [6.07, 6.45) is 2.39. The van der Waals surface area contributed by atoms with Crippen LogP contribution in [0.1, 0.15) is 25.2 Å². The lowest BCUT2D eigenvalue weighted by atomic mass is 10.2. The number of ether oxygens (including phenoxy) is 2. The molecule has 0 radical (unpaired) electrons. The van der Waals surface area contributed by atoms with E-state index < -0.39 is 0 Å². The number of aromatic nitrogens is 2. The van der Waals surface area contributed by atoms with Crippen LogP contribution in [0.2, 0.25) is 5.02 Å². The highest BCUT2D eigenvalue weighted by Crippen LogP contribution is 2.38. The molecule has 9 heteroatoms. The second-order valence-electron chi connectivity index (χ2n) is 5.55. The Kier molecular flexibility index (Phi) is 7.68. The number of amides is 1. The Labute approximate surface area is 157 Å². The van der Waals surface area contributed by atoms with E-state index in [1.54, 1.807) is 12.1 Å². The number of carbonyl (C=O) groups is 1. The molecule has 1 heterocycles. The van der Waals surface area contributed by atoms with Gasteiger partial charge < -0.3 is 25.0 Å². The minimum Gasteiger partial charge on any atom is -0.493 e. The zero-order valence-electron chi connectivity index (χ0n) is 14.9. The average molecular weight is 383 g/mol. The third kappa shape index (κ3) is 5.34. The van der Waals surface area contributed by atoms with Crippen LogP contribution in [-0.2, 0) is 11.2 Å². The molecular weight excluding hydrogens is 360 g/mol. The van der Waals surface area contributed by atoms with E-state index in [1.165, 1.54) is 14.2 Å². The molecule has 0 aliphatic rings. The smallest absolute Gasteiger partial charge is 0.227 e. The van der Waals surface area contributed by atoms with Gasteiger partial charge in [-0.25, -0.2) is 0 Å². The van der Waals surface area contributed by atoms with Gasteiger partial charge in [-0.1, -0.05) is 16.8 Å². The molecule has 1 aromatic heterocycles. The number of rotatable bonds is 10. The Morgan fingerprint density at radius 2 is 2.12 bits per heavy atom. The first-order valence-electron chi connectivity index (χ1n) is 8.30. The maximum atomic E-state index is 11.8. The lowest BCUT2D eigenvalue weighted by Crippen LogP contribution is -2.25. The van der Waals surface area contributed by atoms with Crippen molar-refractivity contribution in [2.75, 3.05) is 27.3 Å². The number of benzene rings is 1. The fourth-order valence-electron chi connectivity index (χ4n) is 2.33. The molecule has 1 amide bonds. The average Bonchev–Trinajstić information content (AvgIpc) is 3.12. The lowest BCUT2D eigenvalue weighted by Gasteiger charge is -2.10. The number of nitrogens with two attached hydrogens (primary N) is 1. The van der Waals surface area contributed by atoms with Crippen molar-refractivity contribution >= 4 is 17.5 Å². The molecule has 3 N–H and O–H groups in total. The molecule has 0 aliphatic carbocycles. The Hall–Kier alpha value is -2.32. The van der Waals surface area contributed by atoms with Crippen molar-refractivity contribution < 1.29 is 18.8 Å². The molecule has 0 unspecified atom stereocenters. The molecular formula is C17H23ClN4O4. The molecule has 0 bridgehead atoms. The molecule has 8 nitrogen and oxygen atoms in total. The molecule has 0 spiro atoms. The number of hydrogen-bond donors (Lipinski definition) is 2. The third-order valence-corrected chi connectivity index (χ3v) is 3.96. The van der Waals surface area contributed by atoms with Gasteiger partial charge in [0.05, 0.1) is 19.2 Å². The standard InChI is InChI=1S/C17H23ClN4O4/c1-24-13-10-11(9-12(18)16(13)25-2)17-21-15(26-22-17)6-5-14(23)20-8-4-3-7-19/h9-10H,3-8,19H2,1-2H3,(H,20,23). The zero-order valence-corrected chi connectivity index (χ0v) is 15.6. The first-order valence-corrected chi connectivity index (χ1v) is 8.68. The predicted octanol–water partition coefficient (Wildman–Crippen LogP) is 2.19. The summed E-state index contributed by atoms with van der Waals surface area (Å²) < 4.78 is 15.7. The SMILES string of the molecule is COc1cc(-c2noc(CCC(=O)NCCCCN)n2)cc(Cl)c1OC. The maximum Gasteiger partial charge on any atom is 0.227 e. The number of aryl methyl sites for hydroxylation is 1. The predicted molar refractivity (Wildman–Crippen MR) is 97.5 cm³/mol. The highest BCUT2D eigenvalue weighted by atomic mass is 35.5. The second-order valence-corrected chi connectivity index (χ2v) is 5.96. The summed E-state index contributed by atoms with van der Waals surface area (Å²) >= 11 is 6.19. The summed E-state index contributed by atoms with van der Waals surface area (Å²) in [7, 11) is 3.03. The summed E-state index contributed by atoms with van der Waals surface area (Å²) in [6.45, 7) is 1.25. The van der Waals surface area contributed by atoms with Crippen LogP contribution in [0.25, 0.3) is 11.4 Å². The number of carbonyl (C=O) groups excluding carboxylic acids is 1. The van der Waals surface area contributed by atoms with Gasteiger partial charge in [0.15, 0.2) is 11.5 Å². The Morgan fingerprint density at radius 1 is 1.31 bits per heavy atom. The van der Waals surface area contributed by atoms with E-state index in [-0.39, 0.29) is 12.3 Å². The highest BCUT2D eigenvalue weighted by molar-refractivity contribution is 6.32. The molecule has 0 fully saturated rings. The summed E-state index contributed by atoms with van der Waals surface area (Å²) in [4.78, 5) is 16.1. The van der Waals surface area contributed by atoms with E-state index in [1.807, 2.05) is 0 Å². The molecule has 0 saturated carbocycles. The Balaban J connectivity index is 1.97. The lowest BCUT2D eigenvalue weighted by molar-refractivity contribution is -0.121. The van der Waals surface area contributed by atoms with Gasteiger partial charge in [-0.15, -0.1) is 0 Å². The van der Waals surface area contributed by atoms with Crippen molar-refractivity contribution in [3.05, 3.63) is 23.0 Å². The fraction of sp³-hybridized carbons (Fsp3) is 0.471. The van der Waals surface area contributed by atoms with Crippen LogP contribution in [0.5, 0.6) is 11.5 Å². The zero-order chi connectivity index (χ0) is 18.9. The first kappa shape index (κ1) is 20.0. The molecule has 2 aromatic rings. The van der Waals surface area contributed by atoms with Crippen LogP contribution in [0, 0.1) is 0 Å². The van der Waals surface area contributed by atoms with Crippen LogP contribution < -0.4 is 20.5 Å². The molecule has 26 heavy (non-hydrogen) atoms. The number of nitrogens with one attached hydrogen (secondary N) is 1. The van der Waals surface area contributed by atoms with E-state index in [0.29, 0.717) is 53.3 Å². The Bertz CT molecular complexity index is 736. The first-order chi connectivity index (χ1) is 12.6. The van der Waals surface area contributed by atoms with Crippen molar-refractivity contribution in [1.29, 1.82) is 0 Å². The summed E-state index contributed by atoms with van der Waals surface area (Å²) in [5.41, 5.74) is 6.04. The van der Waals surface area contributed by atoms with E-state index in [0.717, 1.165) is 12.8 Å². The molecule has 2 rings (SSSR count). The second kappa shape index (κ2) is 9.98. The van der Waals surface area contributed by atoms with Crippen LogP contribution in [0.3, 0.4) is 0 Å². The summed E-state index contributed by atoms with van der Waals surface area (Å²) in [6, 6.07) is 3.38. The van der Waals surface area contributed by atoms with Crippen LogP contribution in [0.4, 0.5) is 0 Å². The van der Waals surface area contributed by atoms with Crippen molar-refractivity contribution in [2.45, 2.75) is 25.7 Å². The van der Waals surface area contributed by atoms with Crippen molar-refractivity contribution in [3.8, 4) is 22.9 Å². The van der Waals surface area contributed by atoms with Crippen LogP contribution in [-0.4, -0.2) is 43.4 Å². The normalized spacial score (nSPS) is 10.6. The van der Waals surface area contributed by atoms with Gasteiger partial charge in [0.25, 0.3) is 0 Å². The van der Waals surface area contributed by atoms with Gasteiger partial charge in [-0.3, -0.25) is 4.79 Å². The minimum absolute atomic E-state index is 0.0593. The van der Waals surface area contributed by atoms with Gasteiger partial charge in [0.1, 0.15) is 0 Å². The summed E-state index contributed by atoms with van der Waals surface area (Å²) in [5.74, 6) is 1.59. The van der Waals surface area contributed by atoms with Crippen molar-refractivity contribution in [3.63, 3.8) is 0 Å². The van der Waals surface area contributed by atoms with E-state index >= 15 is 0 Å². The van der Waals surface area contributed by atoms with E-state index in [2.05, 4.69) is 15.5 Å².